The van der Waals surface area contributed by atoms with Gasteiger partial charge in [-0.05, 0) is 36.4 Å². The molecule has 0 radical (unpaired) electrons. The van der Waals surface area contributed by atoms with Crippen LogP contribution in [0.25, 0.3) is 0 Å². The maximum Gasteiger partial charge on any atom is 0.230 e. The fraction of sp³-hybridized carbons (Fsp3) is 0.217. The number of ether oxygens (including phenoxy) is 3. The molecule has 1 aromatic heterocycles. The number of phenols is 1. The predicted octanol–water partition coefficient (Wildman–Crippen LogP) is 4.05. The van der Waals surface area contributed by atoms with E-state index >= 15 is 0 Å². The summed E-state index contributed by atoms with van der Waals surface area (Å²) < 4.78 is 17.2. The Morgan fingerprint density at radius 3 is 2.67 bits per heavy atom. The smallest absolute Gasteiger partial charge is 0.230 e. The first-order chi connectivity index (χ1) is 14.7. The molecular formula is C23H21N3O4. The van der Waals surface area contributed by atoms with Gasteiger partial charge in [-0.1, -0.05) is 18.2 Å². The number of hydrogen-bond acceptors (Lipinski definition) is 7. The predicted molar refractivity (Wildman–Crippen MR) is 111 cm³/mol. The molecule has 0 bridgehead atoms. The Morgan fingerprint density at radius 1 is 1.03 bits per heavy atom. The Labute approximate surface area is 174 Å². The molecule has 30 heavy (non-hydrogen) atoms. The second-order valence-electron chi connectivity index (χ2n) is 7.14. The molecule has 152 valence electrons. The van der Waals surface area contributed by atoms with Crippen molar-refractivity contribution in [3.63, 3.8) is 0 Å². The van der Waals surface area contributed by atoms with Crippen LogP contribution < -0.4 is 14.2 Å². The van der Waals surface area contributed by atoms with Gasteiger partial charge in [0.15, 0.2) is 23.0 Å². The Bertz CT molecular complexity index is 1120. The number of benzene rings is 2. The van der Waals surface area contributed by atoms with Crippen molar-refractivity contribution in [1.82, 2.24) is 9.99 Å². The summed E-state index contributed by atoms with van der Waals surface area (Å²) in [7, 11) is 3.17. The average Bonchev–Trinajstić information content (AvgIpc) is 3.24. The molecule has 0 fully saturated rings. The first-order valence-corrected chi connectivity index (χ1v) is 9.67. The van der Waals surface area contributed by atoms with Gasteiger partial charge in [0.1, 0.15) is 5.69 Å². The number of nitrogens with zero attached hydrogens (tertiary/aromatic N) is 3. The molecule has 0 aliphatic carbocycles. The highest BCUT2D eigenvalue weighted by atomic mass is 16.5. The molecule has 0 saturated carbocycles. The summed E-state index contributed by atoms with van der Waals surface area (Å²) in [5.41, 5.74) is 3.57. The average molecular weight is 403 g/mol. The van der Waals surface area contributed by atoms with Crippen LogP contribution in [0, 0.1) is 0 Å². The lowest BCUT2D eigenvalue weighted by molar-refractivity contribution is -0.0236. The summed E-state index contributed by atoms with van der Waals surface area (Å²) in [6.07, 6.45) is 1.95. The zero-order chi connectivity index (χ0) is 20.7. The Kier molecular flexibility index (Phi) is 4.43. The summed E-state index contributed by atoms with van der Waals surface area (Å²) >= 11 is 0. The second kappa shape index (κ2) is 7.26. The molecule has 3 heterocycles. The van der Waals surface area contributed by atoms with E-state index in [-0.39, 0.29) is 11.8 Å². The summed E-state index contributed by atoms with van der Waals surface area (Å²) in [6, 6.07) is 16.9. The Balaban J connectivity index is 1.61. The van der Waals surface area contributed by atoms with E-state index in [0.29, 0.717) is 17.9 Å². The van der Waals surface area contributed by atoms with Gasteiger partial charge in [0.25, 0.3) is 0 Å². The molecule has 2 atom stereocenters. The minimum Gasteiger partial charge on any atom is -0.504 e. The molecule has 0 unspecified atom stereocenters. The molecular weight excluding hydrogens is 382 g/mol. The zero-order valence-corrected chi connectivity index (χ0v) is 16.6. The minimum absolute atomic E-state index is 0.0225. The van der Waals surface area contributed by atoms with Crippen LogP contribution in [0.1, 0.15) is 35.5 Å². The summed E-state index contributed by atoms with van der Waals surface area (Å²) in [5, 5.41) is 16.8. The molecule has 3 aromatic rings. The van der Waals surface area contributed by atoms with Crippen LogP contribution in [0.3, 0.4) is 0 Å². The van der Waals surface area contributed by atoms with Gasteiger partial charge in [-0.2, -0.15) is 5.10 Å². The molecule has 0 amide bonds. The van der Waals surface area contributed by atoms with Gasteiger partial charge in [0.05, 0.1) is 26.0 Å². The van der Waals surface area contributed by atoms with Gasteiger partial charge in [0.2, 0.25) is 6.23 Å². The first-order valence-electron chi connectivity index (χ1n) is 9.67. The van der Waals surface area contributed by atoms with E-state index in [2.05, 4.69) is 4.98 Å². The van der Waals surface area contributed by atoms with Crippen LogP contribution in [0.2, 0.25) is 0 Å². The van der Waals surface area contributed by atoms with Gasteiger partial charge in [0, 0.05) is 23.7 Å². The lowest BCUT2D eigenvalue weighted by Crippen LogP contribution is -2.34. The second-order valence-corrected chi connectivity index (χ2v) is 7.14. The molecule has 7 heteroatoms. The van der Waals surface area contributed by atoms with E-state index in [1.807, 2.05) is 47.5 Å². The van der Waals surface area contributed by atoms with Crippen molar-refractivity contribution in [2.45, 2.75) is 18.7 Å². The van der Waals surface area contributed by atoms with Crippen molar-refractivity contribution in [3.8, 4) is 23.0 Å². The van der Waals surface area contributed by atoms with Crippen molar-refractivity contribution in [2.24, 2.45) is 5.10 Å². The van der Waals surface area contributed by atoms with Gasteiger partial charge in [-0.15, -0.1) is 0 Å². The van der Waals surface area contributed by atoms with E-state index in [1.165, 1.54) is 7.11 Å². The number of rotatable bonds is 4. The molecule has 2 aromatic carbocycles. The van der Waals surface area contributed by atoms with Crippen molar-refractivity contribution < 1.29 is 19.3 Å². The van der Waals surface area contributed by atoms with E-state index in [0.717, 1.165) is 28.3 Å². The SMILES string of the molecule is COc1cc(C2=NN3[C@@H](c4ccccn4)Oc4c(OC)cccc4[C@@H]3C2)ccc1O. The van der Waals surface area contributed by atoms with Crippen LogP contribution in [-0.4, -0.2) is 35.0 Å². The number of aromatic hydroxyl groups is 1. The normalized spacial score (nSPS) is 19.4. The minimum atomic E-state index is -0.475. The van der Waals surface area contributed by atoms with Crippen LogP contribution in [-0.2, 0) is 0 Å². The fourth-order valence-electron chi connectivity index (χ4n) is 3.99. The van der Waals surface area contributed by atoms with Crippen molar-refractivity contribution in [3.05, 3.63) is 77.6 Å². The van der Waals surface area contributed by atoms with Crippen molar-refractivity contribution >= 4 is 5.71 Å². The molecule has 0 spiro atoms. The molecule has 2 aliphatic rings. The Morgan fingerprint density at radius 2 is 1.90 bits per heavy atom. The zero-order valence-electron chi connectivity index (χ0n) is 16.6. The number of methoxy groups -OCH3 is 2. The molecule has 7 nitrogen and oxygen atoms in total. The van der Waals surface area contributed by atoms with E-state index < -0.39 is 6.23 Å². The van der Waals surface area contributed by atoms with E-state index in [1.54, 1.807) is 25.4 Å². The molecule has 5 rings (SSSR count). The third-order valence-electron chi connectivity index (χ3n) is 5.45. The first kappa shape index (κ1) is 18.3. The summed E-state index contributed by atoms with van der Waals surface area (Å²) in [4.78, 5) is 4.50. The number of fused-ring (bicyclic) bond motifs is 3. The van der Waals surface area contributed by atoms with Crippen molar-refractivity contribution in [2.75, 3.05) is 14.2 Å². The molecule has 1 N–H and O–H groups in total. The summed E-state index contributed by atoms with van der Waals surface area (Å²) in [6.45, 7) is 0. The van der Waals surface area contributed by atoms with Gasteiger partial charge < -0.3 is 19.3 Å². The van der Waals surface area contributed by atoms with Crippen LogP contribution in [0.5, 0.6) is 23.0 Å². The third kappa shape index (κ3) is 2.90. The van der Waals surface area contributed by atoms with Crippen LogP contribution >= 0.6 is 0 Å². The standard InChI is InChI=1S/C23H21N3O4/c1-28-20-8-5-6-15-18-13-17(14-9-10-19(27)21(12-14)29-2)25-26(18)23(30-22(15)20)16-7-3-4-11-24-16/h3-12,18,23,27H,13H2,1-2H3/t18-,23+/m0/s1. The maximum atomic E-state index is 9.95. The number of hydrogen-bond donors (Lipinski definition) is 1. The quantitative estimate of drug-likeness (QED) is 0.708. The lowest BCUT2D eigenvalue weighted by atomic mass is 9.96. The van der Waals surface area contributed by atoms with Gasteiger partial charge in [-0.25, -0.2) is 5.01 Å². The van der Waals surface area contributed by atoms with Gasteiger partial charge >= 0.3 is 0 Å². The number of hydrazone groups is 1. The van der Waals surface area contributed by atoms with Crippen molar-refractivity contribution in [1.29, 1.82) is 0 Å². The topological polar surface area (TPSA) is 76.4 Å². The van der Waals surface area contributed by atoms with Gasteiger partial charge in [-0.3, -0.25) is 4.98 Å². The maximum absolute atomic E-state index is 9.95. The highest BCUT2D eigenvalue weighted by Crippen LogP contribution is 2.50. The van der Waals surface area contributed by atoms with E-state index in [9.17, 15) is 5.11 Å². The summed E-state index contributed by atoms with van der Waals surface area (Å²) in [5.74, 6) is 1.92. The fourth-order valence-corrected chi connectivity index (χ4v) is 3.99. The number of aromatic nitrogens is 1. The highest BCUT2D eigenvalue weighted by molar-refractivity contribution is 6.02. The number of phenolic OH excluding ortho intramolecular Hbond substituents is 1. The molecule has 0 saturated heterocycles. The lowest BCUT2D eigenvalue weighted by Gasteiger charge is -2.38. The van der Waals surface area contributed by atoms with Crippen LogP contribution in [0.15, 0.2) is 65.9 Å². The van der Waals surface area contributed by atoms with E-state index in [4.69, 9.17) is 19.3 Å². The largest absolute Gasteiger partial charge is 0.504 e. The number of para-hydroxylation sites is 1. The van der Waals surface area contributed by atoms with Crippen LogP contribution in [0.4, 0.5) is 0 Å². The monoisotopic (exact) mass is 403 g/mol. The highest BCUT2D eigenvalue weighted by Gasteiger charge is 2.42. The third-order valence-corrected chi connectivity index (χ3v) is 5.45. The molecule has 2 aliphatic heterocycles. The number of pyridine rings is 1. The Hall–Kier alpha value is -3.74.